The van der Waals surface area contributed by atoms with E-state index in [9.17, 15) is 4.79 Å². The topological polar surface area (TPSA) is 80.7 Å². The quantitative estimate of drug-likeness (QED) is 0.514. The number of carbonyl (C=O) groups is 1. The summed E-state index contributed by atoms with van der Waals surface area (Å²) in [4.78, 5) is 14.4. The largest absolute Gasteiger partial charge is 0.481 e. The second-order valence-corrected chi connectivity index (χ2v) is 7.97. The minimum absolute atomic E-state index is 0.0136. The van der Waals surface area contributed by atoms with Crippen LogP contribution in [0.2, 0.25) is 15.2 Å². The molecule has 1 aromatic rings. The summed E-state index contributed by atoms with van der Waals surface area (Å²) in [6, 6.07) is 1.37. The number of aliphatic carboxylic acids is 1. The van der Waals surface area contributed by atoms with Gasteiger partial charge in [0.15, 0.2) is 5.15 Å². The SMILES string of the molecule is CCOP(=S)(NCCC(=O)O)Oc1nc(Cl)c(Cl)cc1Cl. The molecule has 0 aliphatic heterocycles. The molecular weight excluding hydrogens is 382 g/mol. The molecule has 1 atom stereocenters. The average Bonchev–Trinajstić information content (AvgIpc) is 2.35. The lowest BCUT2D eigenvalue weighted by Crippen LogP contribution is -2.20. The van der Waals surface area contributed by atoms with Crippen molar-refractivity contribution in [3.8, 4) is 5.88 Å². The van der Waals surface area contributed by atoms with E-state index in [-0.39, 0.29) is 40.7 Å². The van der Waals surface area contributed by atoms with E-state index in [1.807, 2.05) is 0 Å². The number of rotatable bonds is 8. The zero-order chi connectivity index (χ0) is 16.0. The first-order valence-corrected chi connectivity index (χ1v) is 9.47. The van der Waals surface area contributed by atoms with Gasteiger partial charge in [-0.15, -0.1) is 0 Å². The first-order chi connectivity index (χ1) is 9.77. The molecule has 6 nitrogen and oxygen atoms in total. The van der Waals surface area contributed by atoms with Gasteiger partial charge in [0.25, 0.3) is 0 Å². The van der Waals surface area contributed by atoms with Gasteiger partial charge in [0, 0.05) is 6.54 Å². The molecule has 1 aromatic heterocycles. The molecule has 2 N–H and O–H groups in total. The van der Waals surface area contributed by atoms with Crippen LogP contribution >= 0.6 is 41.4 Å². The highest BCUT2D eigenvalue weighted by molar-refractivity contribution is 8.09. The van der Waals surface area contributed by atoms with E-state index in [1.54, 1.807) is 6.92 Å². The van der Waals surface area contributed by atoms with Gasteiger partial charge in [-0.25, -0.2) is 5.09 Å². The van der Waals surface area contributed by atoms with Crippen LogP contribution in [0.1, 0.15) is 13.3 Å². The van der Waals surface area contributed by atoms with Crippen molar-refractivity contribution < 1.29 is 18.9 Å². The summed E-state index contributed by atoms with van der Waals surface area (Å²) in [6.45, 7) is -0.896. The number of hydrogen-bond acceptors (Lipinski definition) is 5. The highest BCUT2D eigenvalue weighted by atomic mass is 35.5. The Morgan fingerprint density at radius 1 is 1.48 bits per heavy atom. The molecule has 0 saturated heterocycles. The van der Waals surface area contributed by atoms with Crippen LogP contribution in [0.25, 0.3) is 0 Å². The second kappa shape index (κ2) is 8.48. The Hall–Kier alpha value is -0.140. The second-order valence-electron chi connectivity index (χ2n) is 3.61. The molecule has 0 aromatic carbocycles. The number of pyridine rings is 1. The predicted octanol–water partition coefficient (Wildman–Crippen LogP) is 3.75. The van der Waals surface area contributed by atoms with Crippen molar-refractivity contribution in [2.24, 2.45) is 0 Å². The Morgan fingerprint density at radius 3 is 2.71 bits per heavy atom. The summed E-state index contributed by atoms with van der Waals surface area (Å²) >= 11 is 22.8. The fourth-order valence-electron chi connectivity index (χ4n) is 1.18. The monoisotopic (exact) mass is 392 g/mol. The number of carboxylic acids is 1. The van der Waals surface area contributed by atoms with E-state index in [0.717, 1.165) is 0 Å². The molecule has 0 amide bonds. The molecule has 0 saturated carbocycles. The van der Waals surface area contributed by atoms with Crippen LogP contribution in [-0.4, -0.2) is 29.2 Å². The molecule has 0 spiro atoms. The Bertz CT molecular complexity index is 575. The summed E-state index contributed by atoms with van der Waals surface area (Å²) in [5.41, 5.74) is 0. The van der Waals surface area contributed by atoms with Gasteiger partial charge in [-0.1, -0.05) is 34.8 Å². The third-order valence-electron chi connectivity index (χ3n) is 2.00. The lowest BCUT2D eigenvalue weighted by molar-refractivity contribution is -0.136. The normalized spacial score (nSPS) is 13.7. The molecule has 118 valence electrons. The van der Waals surface area contributed by atoms with E-state index >= 15 is 0 Å². The Balaban J connectivity index is 2.89. The fourth-order valence-corrected chi connectivity index (χ4v) is 3.87. The van der Waals surface area contributed by atoms with Crippen molar-refractivity contribution in [3.63, 3.8) is 0 Å². The first-order valence-electron chi connectivity index (χ1n) is 5.70. The predicted molar refractivity (Wildman–Crippen MR) is 86.1 cm³/mol. The number of halogens is 3. The summed E-state index contributed by atoms with van der Waals surface area (Å²) < 4.78 is 10.9. The minimum Gasteiger partial charge on any atom is -0.481 e. The number of nitrogens with zero attached hydrogens (tertiary/aromatic N) is 1. The van der Waals surface area contributed by atoms with Crippen molar-refractivity contribution in [2.75, 3.05) is 13.2 Å². The number of hydrogen-bond donors (Lipinski definition) is 2. The summed E-state index contributed by atoms with van der Waals surface area (Å²) in [5.74, 6) is -0.989. The summed E-state index contributed by atoms with van der Waals surface area (Å²) in [6.07, 6.45) is -0.128. The van der Waals surface area contributed by atoms with Gasteiger partial charge in [-0.3, -0.25) is 4.79 Å². The van der Waals surface area contributed by atoms with Crippen LogP contribution in [0.3, 0.4) is 0 Å². The maximum Gasteiger partial charge on any atom is 0.314 e. The zero-order valence-corrected chi connectivity index (χ0v) is 14.8. The molecule has 1 unspecified atom stereocenters. The molecule has 0 aliphatic carbocycles. The summed E-state index contributed by atoms with van der Waals surface area (Å²) in [5, 5.41) is 11.7. The molecule has 11 heteroatoms. The van der Waals surface area contributed by atoms with Gasteiger partial charge in [-0.2, -0.15) is 4.98 Å². The number of carboxylic acid groups (broad SMARTS) is 1. The standard InChI is InChI=1S/C10H12Cl3N2O4PS/c1-2-18-20(21,14-4-3-8(16)17)19-10-7(12)5-6(11)9(13)15-10/h5H,2-4H2,1H3,(H,14,21)(H,16,17). The molecule has 1 rings (SSSR count). The smallest absolute Gasteiger partial charge is 0.314 e. The van der Waals surface area contributed by atoms with Crippen molar-refractivity contribution in [2.45, 2.75) is 13.3 Å². The van der Waals surface area contributed by atoms with Gasteiger partial charge < -0.3 is 14.2 Å². The minimum atomic E-state index is -2.99. The Labute approximate surface area is 141 Å². The van der Waals surface area contributed by atoms with Crippen molar-refractivity contribution in [1.82, 2.24) is 10.1 Å². The Morgan fingerprint density at radius 2 is 2.14 bits per heavy atom. The molecule has 0 bridgehead atoms. The van der Waals surface area contributed by atoms with Gasteiger partial charge in [0.2, 0.25) is 5.88 Å². The van der Waals surface area contributed by atoms with E-state index in [4.69, 9.17) is 60.8 Å². The summed E-state index contributed by atoms with van der Waals surface area (Å²) in [7, 11) is 0. The van der Waals surface area contributed by atoms with Crippen LogP contribution in [0.5, 0.6) is 5.88 Å². The number of aromatic nitrogens is 1. The molecule has 21 heavy (non-hydrogen) atoms. The molecule has 1 heterocycles. The van der Waals surface area contributed by atoms with E-state index in [2.05, 4.69) is 10.1 Å². The van der Waals surface area contributed by atoms with E-state index in [0.29, 0.717) is 0 Å². The highest BCUT2D eigenvalue weighted by Gasteiger charge is 2.23. The van der Waals surface area contributed by atoms with Crippen molar-refractivity contribution in [1.29, 1.82) is 0 Å². The van der Waals surface area contributed by atoms with Crippen LogP contribution in [0.4, 0.5) is 0 Å². The first kappa shape index (κ1) is 18.9. The van der Waals surface area contributed by atoms with Gasteiger partial charge in [-0.05, 0) is 24.8 Å². The van der Waals surface area contributed by atoms with Crippen molar-refractivity contribution in [3.05, 3.63) is 21.3 Å². The average molecular weight is 394 g/mol. The Kier molecular flexibility index (Phi) is 7.64. The highest BCUT2D eigenvalue weighted by Crippen LogP contribution is 2.46. The van der Waals surface area contributed by atoms with Gasteiger partial charge in [0.1, 0.15) is 5.02 Å². The molecule has 0 fully saturated rings. The van der Waals surface area contributed by atoms with Crippen LogP contribution in [0.15, 0.2) is 6.07 Å². The van der Waals surface area contributed by atoms with Crippen LogP contribution in [-0.2, 0) is 21.1 Å². The van der Waals surface area contributed by atoms with Crippen LogP contribution < -0.4 is 9.61 Å². The third-order valence-corrected chi connectivity index (χ3v) is 5.50. The van der Waals surface area contributed by atoms with Gasteiger partial charge >= 0.3 is 12.6 Å². The molecule has 0 radical (unpaired) electrons. The lowest BCUT2D eigenvalue weighted by Gasteiger charge is -2.22. The van der Waals surface area contributed by atoms with Crippen molar-refractivity contribution >= 4 is 59.2 Å². The van der Waals surface area contributed by atoms with E-state index < -0.39 is 12.6 Å². The zero-order valence-electron chi connectivity index (χ0n) is 10.8. The van der Waals surface area contributed by atoms with E-state index in [1.165, 1.54) is 6.07 Å². The molecule has 0 aliphatic rings. The van der Waals surface area contributed by atoms with Gasteiger partial charge in [0.05, 0.1) is 18.1 Å². The molecular formula is C10H12Cl3N2O4PS. The maximum absolute atomic E-state index is 10.5. The maximum atomic E-state index is 10.5. The third kappa shape index (κ3) is 6.24. The lowest BCUT2D eigenvalue weighted by atomic mass is 10.5. The number of nitrogens with one attached hydrogen (secondary N) is 1. The van der Waals surface area contributed by atoms with Crippen LogP contribution in [0, 0.1) is 0 Å². The fraction of sp³-hybridized carbons (Fsp3) is 0.400.